The van der Waals surface area contributed by atoms with E-state index >= 15 is 0 Å². The molecule has 0 radical (unpaired) electrons. The van der Waals surface area contributed by atoms with Crippen LogP contribution in [0.2, 0.25) is 0 Å². The molecule has 124 valence electrons. The summed E-state index contributed by atoms with van der Waals surface area (Å²) in [5.41, 5.74) is 4.75. The first-order valence-electron chi connectivity index (χ1n) is 8.88. The van der Waals surface area contributed by atoms with Gasteiger partial charge in [-0.3, -0.25) is 0 Å². The number of H-pyrrole nitrogens is 1. The standard InChI is InChI=1S/C20H24N4/c1-3-14-11-21-18-12-22-20(24-19(14)18)16-9-13(2)23-17(10-16)15-7-5-4-6-8-15/h4-8,11-13,16-17,21,23H,3,9-10H2,1-2H3. The number of benzene rings is 1. The van der Waals surface area contributed by atoms with Crippen molar-refractivity contribution >= 4 is 11.0 Å². The van der Waals surface area contributed by atoms with Gasteiger partial charge in [-0.15, -0.1) is 0 Å². The Kier molecular flexibility index (Phi) is 4.07. The van der Waals surface area contributed by atoms with Gasteiger partial charge >= 0.3 is 0 Å². The van der Waals surface area contributed by atoms with E-state index < -0.39 is 0 Å². The Morgan fingerprint density at radius 3 is 2.79 bits per heavy atom. The third-order valence-electron chi connectivity index (χ3n) is 5.11. The van der Waals surface area contributed by atoms with E-state index in [-0.39, 0.29) is 0 Å². The summed E-state index contributed by atoms with van der Waals surface area (Å²) in [6, 6.07) is 11.5. The topological polar surface area (TPSA) is 53.6 Å². The summed E-state index contributed by atoms with van der Waals surface area (Å²) in [6.45, 7) is 4.43. The van der Waals surface area contributed by atoms with E-state index in [4.69, 9.17) is 4.98 Å². The minimum atomic E-state index is 0.371. The number of aromatic nitrogens is 3. The second-order valence-electron chi connectivity index (χ2n) is 6.86. The number of aromatic amines is 1. The summed E-state index contributed by atoms with van der Waals surface area (Å²) in [7, 11) is 0. The smallest absolute Gasteiger partial charge is 0.132 e. The molecule has 1 fully saturated rings. The molecule has 2 N–H and O–H groups in total. The molecule has 3 heterocycles. The summed E-state index contributed by atoms with van der Waals surface area (Å²) < 4.78 is 0. The maximum Gasteiger partial charge on any atom is 0.132 e. The lowest BCUT2D eigenvalue weighted by Gasteiger charge is -2.34. The third-order valence-corrected chi connectivity index (χ3v) is 5.11. The molecule has 0 spiro atoms. The Bertz CT molecular complexity index is 824. The fourth-order valence-electron chi connectivity index (χ4n) is 3.86. The first kappa shape index (κ1) is 15.3. The fourth-order valence-corrected chi connectivity index (χ4v) is 3.86. The van der Waals surface area contributed by atoms with E-state index in [0.29, 0.717) is 18.0 Å². The lowest BCUT2D eigenvalue weighted by molar-refractivity contribution is 0.300. The minimum Gasteiger partial charge on any atom is -0.358 e. The number of nitrogens with zero attached hydrogens (tertiary/aromatic N) is 2. The van der Waals surface area contributed by atoms with Crippen LogP contribution in [-0.4, -0.2) is 21.0 Å². The molecule has 4 heteroatoms. The fraction of sp³-hybridized carbons (Fsp3) is 0.400. The second kappa shape index (κ2) is 6.36. The molecule has 2 aromatic heterocycles. The zero-order valence-electron chi connectivity index (χ0n) is 14.3. The molecule has 0 amide bonds. The van der Waals surface area contributed by atoms with Crippen molar-refractivity contribution in [1.82, 2.24) is 20.3 Å². The van der Waals surface area contributed by atoms with Crippen molar-refractivity contribution in [3.05, 3.63) is 59.7 Å². The van der Waals surface area contributed by atoms with Crippen molar-refractivity contribution in [3.8, 4) is 0 Å². The second-order valence-corrected chi connectivity index (χ2v) is 6.86. The number of hydrogen-bond donors (Lipinski definition) is 2. The molecule has 3 atom stereocenters. The van der Waals surface area contributed by atoms with Crippen LogP contribution in [0.3, 0.4) is 0 Å². The van der Waals surface area contributed by atoms with Gasteiger partial charge in [0.15, 0.2) is 0 Å². The van der Waals surface area contributed by atoms with E-state index in [9.17, 15) is 0 Å². The van der Waals surface area contributed by atoms with E-state index in [1.54, 1.807) is 0 Å². The number of hydrogen-bond acceptors (Lipinski definition) is 3. The molecule has 1 aliphatic heterocycles. The van der Waals surface area contributed by atoms with Crippen LogP contribution in [-0.2, 0) is 6.42 Å². The highest BCUT2D eigenvalue weighted by molar-refractivity contribution is 5.78. The van der Waals surface area contributed by atoms with Crippen molar-refractivity contribution in [1.29, 1.82) is 0 Å². The van der Waals surface area contributed by atoms with Crippen molar-refractivity contribution in [3.63, 3.8) is 0 Å². The van der Waals surface area contributed by atoms with Gasteiger partial charge in [0.25, 0.3) is 0 Å². The van der Waals surface area contributed by atoms with Crippen molar-refractivity contribution < 1.29 is 0 Å². The first-order valence-corrected chi connectivity index (χ1v) is 8.88. The predicted molar refractivity (Wildman–Crippen MR) is 97.0 cm³/mol. The van der Waals surface area contributed by atoms with Crippen LogP contribution in [0.1, 0.15) is 55.6 Å². The van der Waals surface area contributed by atoms with Crippen LogP contribution in [0.15, 0.2) is 42.7 Å². The molecular weight excluding hydrogens is 296 g/mol. The van der Waals surface area contributed by atoms with E-state index in [1.807, 2.05) is 6.20 Å². The van der Waals surface area contributed by atoms with E-state index in [2.05, 4.69) is 65.7 Å². The molecule has 0 bridgehead atoms. The highest BCUT2D eigenvalue weighted by Crippen LogP contribution is 2.35. The van der Waals surface area contributed by atoms with E-state index in [1.165, 1.54) is 11.1 Å². The zero-order valence-corrected chi connectivity index (χ0v) is 14.3. The van der Waals surface area contributed by atoms with Crippen LogP contribution in [0, 0.1) is 0 Å². The molecule has 24 heavy (non-hydrogen) atoms. The predicted octanol–water partition coefficient (Wildman–Crippen LogP) is 4.12. The van der Waals surface area contributed by atoms with Crippen molar-refractivity contribution in [2.24, 2.45) is 0 Å². The first-order chi connectivity index (χ1) is 11.7. The van der Waals surface area contributed by atoms with Gasteiger partial charge in [-0.2, -0.15) is 0 Å². The van der Waals surface area contributed by atoms with Gasteiger partial charge in [-0.1, -0.05) is 37.3 Å². The molecule has 1 aliphatic rings. The third kappa shape index (κ3) is 2.82. The SMILES string of the molecule is CCc1c[nH]c2cnc(C3CC(C)NC(c4ccccc4)C3)nc12. The maximum atomic E-state index is 4.92. The van der Waals surface area contributed by atoms with Gasteiger partial charge in [0.2, 0.25) is 0 Å². The molecule has 1 saturated heterocycles. The molecule has 0 saturated carbocycles. The average Bonchev–Trinajstić information content (AvgIpc) is 3.04. The number of nitrogens with one attached hydrogen (secondary N) is 2. The molecule has 1 aromatic carbocycles. The zero-order chi connectivity index (χ0) is 16.5. The molecule has 4 rings (SSSR count). The number of rotatable bonds is 3. The van der Waals surface area contributed by atoms with Gasteiger partial charge < -0.3 is 10.3 Å². The maximum absolute atomic E-state index is 4.92. The largest absolute Gasteiger partial charge is 0.358 e. The van der Waals surface area contributed by atoms with Crippen LogP contribution in [0.25, 0.3) is 11.0 Å². The summed E-state index contributed by atoms with van der Waals surface area (Å²) in [5, 5.41) is 3.73. The monoisotopic (exact) mass is 320 g/mol. The number of piperidine rings is 1. The van der Waals surface area contributed by atoms with Crippen LogP contribution in [0.4, 0.5) is 0 Å². The number of fused-ring (bicyclic) bond motifs is 1. The Morgan fingerprint density at radius 2 is 2.00 bits per heavy atom. The average molecular weight is 320 g/mol. The Labute approximate surface area is 142 Å². The molecule has 0 aliphatic carbocycles. The summed E-state index contributed by atoms with van der Waals surface area (Å²) in [6.07, 6.45) is 7.13. The normalized spacial score (nSPS) is 24.3. The summed E-state index contributed by atoms with van der Waals surface area (Å²) in [4.78, 5) is 12.9. The number of aryl methyl sites for hydroxylation is 1. The van der Waals surface area contributed by atoms with Crippen LogP contribution < -0.4 is 5.32 Å². The minimum absolute atomic E-state index is 0.371. The highest BCUT2D eigenvalue weighted by Gasteiger charge is 2.29. The van der Waals surface area contributed by atoms with Crippen LogP contribution in [0.5, 0.6) is 0 Å². The van der Waals surface area contributed by atoms with Crippen molar-refractivity contribution in [2.45, 2.75) is 51.1 Å². The lowest BCUT2D eigenvalue weighted by Crippen LogP contribution is -2.38. The van der Waals surface area contributed by atoms with Gasteiger partial charge in [0.05, 0.1) is 17.2 Å². The summed E-state index contributed by atoms with van der Waals surface area (Å²) >= 11 is 0. The Morgan fingerprint density at radius 1 is 1.17 bits per heavy atom. The molecule has 3 aromatic rings. The van der Waals surface area contributed by atoms with Crippen LogP contribution >= 0.6 is 0 Å². The Balaban J connectivity index is 1.65. The quantitative estimate of drug-likeness (QED) is 0.763. The Hall–Kier alpha value is -2.20. The summed E-state index contributed by atoms with van der Waals surface area (Å²) in [5.74, 6) is 1.39. The highest BCUT2D eigenvalue weighted by atomic mass is 15.0. The van der Waals surface area contributed by atoms with Gasteiger partial charge in [0, 0.05) is 24.2 Å². The van der Waals surface area contributed by atoms with E-state index in [0.717, 1.165) is 36.1 Å². The molecule has 4 nitrogen and oxygen atoms in total. The lowest BCUT2D eigenvalue weighted by atomic mass is 9.85. The van der Waals surface area contributed by atoms with Gasteiger partial charge in [-0.25, -0.2) is 9.97 Å². The molecular formula is C20H24N4. The molecule has 3 unspecified atom stereocenters. The van der Waals surface area contributed by atoms with Gasteiger partial charge in [0.1, 0.15) is 5.82 Å². The van der Waals surface area contributed by atoms with Crippen molar-refractivity contribution in [2.75, 3.05) is 0 Å². The van der Waals surface area contributed by atoms with Gasteiger partial charge in [-0.05, 0) is 37.3 Å².